The Morgan fingerprint density at radius 3 is 2.72 bits per heavy atom. The van der Waals surface area contributed by atoms with Crippen LogP contribution in [0.25, 0.3) is 6.08 Å². The van der Waals surface area contributed by atoms with E-state index in [9.17, 15) is 0 Å². The summed E-state index contributed by atoms with van der Waals surface area (Å²) in [4.78, 5) is 4.31. The molecular formula is C16H28N2. The maximum Gasteiger partial charge on any atom is 0.131 e. The lowest BCUT2D eigenvalue weighted by Gasteiger charge is -2.29. The summed E-state index contributed by atoms with van der Waals surface area (Å²) >= 11 is 0. The van der Waals surface area contributed by atoms with E-state index in [2.05, 4.69) is 43.1 Å². The van der Waals surface area contributed by atoms with E-state index in [1.165, 1.54) is 38.5 Å². The first-order chi connectivity index (χ1) is 8.65. The summed E-state index contributed by atoms with van der Waals surface area (Å²) < 4.78 is 2.23. The first-order valence-corrected chi connectivity index (χ1v) is 7.28. The summed E-state index contributed by atoms with van der Waals surface area (Å²) in [5.41, 5.74) is 0.381. The van der Waals surface area contributed by atoms with E-state index in [0.29, 0.717) is 5.41 Å². The standard InChI is InChI=1S/C16H28N2/c1-5-8-9-10-11-16(4,7-3)14-18-13-12-17-15(18)6-2/h6,12-13H,2,5,7-11,14H2,1,3-4H3. The SMILES string of the molecule is C=Cc1nccn1CC(C)(CC)CCCCCC. The highest BCUT2D eigenvalue weighted by Crippen LogP contribution is 2.31. The second kappa shape index (κ2) is 7.40. The van der Waals surface area contributed by atoms with Crippen LogP contribution in [0.4, 0.5) is 0 Å². The van der Waals surface area contributed by atoms with Crippen LogP contribution in [0.1, 0.15) is 65.1 Å². The molecule has 2 nitrogen and oxygen atoms in total. The second-order valence-electron chi connectivity index (χ2n) is 5.59. The molecule has 1 heterocycles. The largest absolute Gasteiger partial charge is 0.331 e. The first kappa shape index (κ1) is 15.0. The van der Waals surface area contributed by atoms with Gasteiger partial charge in [0.15, 0.2) is 0 Å². The third-order valence-electron chi connectivity index (χ3n) is 3.97. The van der Waals surface area contributed by atoms with Gasteiger partial charge in [0, 0.05) is 18.9 Å². The zero-order valence-electron chi connectivity index (χ0n) is 12.3. The van der Waals surface area contributed by atoms with Crippen LogP contribution in [0.15, 0.2) is 19.0 Å². The van der Waals surface area contributed by atoms with Gasteiger partial charge in [-0.15, -0.1) is 0 Å². The second-order valence-corrected chi connectivity index (χ2v) is 5.59. The van der Waals surface area contributed by atoms with Crippen molar-refractivity contribution in [3.05, 3.63) is 24.8 Å². The molecule has 18 heavy (non-hydrogen) atoms. The van der Waals surface area contributed by atoms with Crippen molar-refractivity contribution in [1.29, 1.82) is 0 Å². The van der Waals surface area contributed by atoms with Crippen LogP contribution in [0.2, 0.25) is 0 Å². The number of hydrogen-bond donors (Lipinski definition) is 0. The maximum absolute atomic E-state index is 4.31. The summed E-state index contributed by atoms with van der Waals surface area (Å²) in [7, 11) is 0. The van der Waals surface area contributed by atoms with Crippen LogP contribution in [0.5, 0.6) is 0 Å². The van der Waals surface area contributed by atoms with Gasteiger partial charge in [0.1, 0.15) is 5.82 Å². The number of aromatic nitrogens is 2. The van der Waals surface area contributed by atoms with Crippen molar-refractivity contribution in [2.24, 2.45) is 5.41 Å². The molecule has 1 aromatic heterocycles. The lowest BCUT2D eigenvalue weighted by molar-refractivity contribution is 0.229. The van der Waals surface area contributed by atoms with Crippen LogP contribution in [0, 0.1) is 5.41 Å². The third kappa shape index (κ3) is 4.32. The fraction of sp³-hybridized carbons (Fsp3) is 0.688. The minimum Gasteiger partial charge on any atom is -0.331 e. The average molecular weight is 248 g/mol. The van der Waals surface area contributed by atoms with E-state index in [4.69, 9.17) is 0 Å². The molecule has 1 aromatic rings. The van der Waals surface area contributed by atoms with Crippen LogP contribution in [-0.4, -0.2) is 9.55 Å². The Balaban J connectivity index is 2.56. The molecule has 0 aliphatic carbocycles. The van der Waals surface area contributed by atoms with Crippen molar-refractivity contribution in [2.45, 2.75) is 65.8 Å². The maximum atomic E-state index is 4.31. The summed E-state index contributed by atoms with van der Waals surface area (Å²) in [6.07, 6.45) is 13.7. The minimum absolute atomic E-state index is 0.381. The summed E-state index contributed by atoms with van der Waals surface area (Å²) in [6.45, 7) is 11.8. The van der Waals surface area contributed by atoms with Crippen molar-refractivity contribution in [1.82, 2.24) is 9.55 Å². The highest BCUT2D eigenvalue weighted by Gasteiger charge is 2.22. The summed E-state index contributed by atoms with van der Waals surface area (Å²) in [6, 6.07) is 0. The number of imidazole rings is 1. The molecule has 0 spiro atoms. The fourth-order valence-electron chi connectivity index (χ4n) is 2.40. The van der Waals surface area contributed by atoms with Crippen molar-refractivity contribution in [2.75, 3.05) is 0 Å². The Labute approximate surface area is 112 Å². The van der Waals surface area contributed by atoms with Crippen molar-refractivity contribution in [3.8, 4) is 0 Å². The molecule has 0 radical (unpaired) electrons. The Morgan fingerprint density at radius 2 is 2.11 bits per heavy atom. The van der Waals surface area contributed by atoms with Gasteiger partial charge in [-0.1, -0.05) is 53.0 Å². The normalized spacial score (nSPS) is 14.4. The quantitative estimate of drug-likeness (QED) is 0.568. The molecule has 0 fully saturated rings. The molecule has 102 valence electrons. The number of unbranched alkanes of at least 4 members (excludes halogenated alkanes) is 3. The van der Waals surface area contributed by atoms with Crippen molar-refractivity contribution in [3.63, 3.8) is 0 Å². The monoisotopic (exact) mass is 248 g/mol. The summed E-state index contributed by atoms with van der Waals surface area (Å²) in [5.74, 6) is 0.989. The third-order valence-corrected chi connectivity index (χ3v) is 3.97. The molecule has 0 saturated carbocycles. The Morgan fingerprint density at radius 1 is 1.33 bits per heavy atom. The molecule has 0 aromatic carbocycles. The first-order valence-electron chi connectivity index (χ1n) is 7.28. The molecule has 1 rings (SSSR count). The fourth-order valence-corrected chi connectivity index (χ4v) is 2.40. The average Bonchev–Trinajstić information content (AvgIpc) is 2.82. The van der Waals surface area contributed by atoms with E-state index in [-0.39, 0.29) is 0 Å². The van der Waals surface area contributed by atoms with Gasteiger partial charge >= 0.3 is 0 Å². The minimum atomic E-state index is 0.381. The predicted octanol–water partition coefficient (Wildman–Crippen LogP) is 4.91. The highest BCUT2D eigenvalue weighted by molar-refractivity contribution is 5.36. The molecule has 0 N–H and O–H groups in total. The molecule has 2 heteroatoms. The Bertz CT molecular complexity index is 354. The van der Waals surface area contributed by atoms with E-state index < -0.39 is 0 Å². The molecule has 0 amide bonds. The van der Waals surface area contributed by atoms with E-state index in [1.54, 1.807) is 0 Å². The van der Waals surface area contributed by atoms with E-state index >= 15 is 0 Å². The molecule has 0 saturated heterocycles. The lowest BCUT2D eigenvalue weighted by Crippen LogP contribution is -2.23. The summed E-state index contributed by atoms with van der Waals surface area (Å²) in [5, 5.41) is 0. The number of rotatable bonds is 9. The lowest BCUT2D eigenvalue weighted by atomic mass is 9.82. The molecular weight excluding hydrogens is 220 g/mol. The molecule has 1 unspecified atom stereocenters. The molecule has 0 aliphatic heterocycles. The van der Waals surface area contributed by atoms with Gasteiger partial charge in [-0.05, 0) is 24.3 Å². The zero-order chi connectivity index (χ0) is 13.4. The van der Waals surface area contributed by atoms with E-state index in [1.807, 2.05) is 12.3 Å². The van der Waals surface area contributed by atoms with Crippen molar-refractivity contribution < 1.29 is 0 Å². The Kier molecular flexibility index (Phi) is 6.17. The zero-order valence-corrected chi connectivity index (χ0v) is 12.3. The van der Waals surface area contributed by atoms with Gasteiger partial charge in [-0.2, -0.15) is 0 Å². The van der Waals surface area contributed by atoms with Crippen LogP contribution in [0.3, 0.4) is 0 Å². The van der Waals surface area contributed by atoms with Crippen LogP contribution < -0.4 is 0 Å². The van der Waals surface area contributed by atoms with Crippen molar-refractivity contribution >= 4 is 6.08 Å². The number of hydrogen-bond acceptors (Lipinski definition) is 1. The van der Waals surface area contributed by atoms with E-state index in [0.717, 1.165) is 12.4 Å². The predicted molar refractivity (Wildman–Crippen MR) is 79.5 cm³/mol. The Hall–Kier alpha value is -1.05. The number of nitrogens with zero attached hydrogens (tertiary/aromatic N) is 2. The van der Waals surface area contributed by atoms with Gasteiger partial charge < -0.3 is 4.57 Å². The molecule has 1 atom stereocenters. The smallest absolute Gasteiger partial charge is 0.131 e. The van der Waals surface area contributed by atoms with Gasteiger partial charge in [0.05, 0.1) is 0 Å². The van der Waals surface area contributed by atoms with Gasteiger partial charge in [0.2, 0.25) is 0 Å². The van der Waals surface area contributed by atoms with Gasteiger partial charge in [0.25, 0.3) is 0 Å². The molecule has 0 aliphatic rings. The van der Waals surface area contributed by atoms with Gasteiger partial charge in [-0.3, -0.25) is 0 Å². The topological polar surface area (TPSA) is 17.8 Å². The van der Waals surface area contributed by atoms with Crippen LogP contribution >= 0.6 is 0 Å². The molecule has 0 bridgehead atoms. The van der Waals surface area contributed by atoms with Crippen LogP contribution in [-0.2, 0) is 6.54 Å². The van der Waals surface area contributed by atoms with Gasteiger partial charge in [-0.25, -0.2) is 4.98 Å². The highest BCUT2D eigenvalue weighted by atomic mass is 15.1.